The van der Waals surface area contributed by atoms with Gasteiger partial charge in [-0.15, -0.1) is 0 Å². The van der Waals surface area contributed by atoms with Crippen LogP contribution in [-0.2, 0) is 6.42 Å². The molecular formula is C36H55N3O3. The molecule has 42 heavy (non-hydrogen) atoms. The Labute approximate surface area is 254 Å². The largest absolute Gasteiger partial charge is 0.478 e. The van der Waals surface area contributed by atoms with Crippen LogP contribution in [0.25, 0.3) is 5.69 Å². The van der Waals surface area contributed by atoms with Gasteiger partial charge in [-0.2, -0.15) is 0 Å². The minimum atomic E-state index is -0.148. The van der Waals surface area contributed by atoms with Crippen molar-refractivity contribution < 1.29 is 9.47 Å². The lowest BCUT2D eigenvalue weighted by Gasteiger charge is -2.21. The first-order valence-electron chi connectivity index (χ1n) is 16.7. The summed E-state index contributed by atoms with van der Waals surface area (Å²) in [6.07, 6.45) is 20.8. The SMILES string of the molecule is CCCCCCCCCCCCCCCc1cccc(OC(CCC)Nc2ccc(-n3[nH]c(OCC)cc3=O)cc2)c1. The highest BCUT2D eigenvalue weighted by Gasteiger charge is 2.11. The first kappa shape index (κ1) is 33.4. The molecule has 1 unspecified atom stereocenters. The Morgan fingerprint density at radius 2 is 1.40 bits per heavy atom. The zero-order valence-corrected chi connectivity index (χ0v) is 26.5. The first-order chi connectivity index (χ1) is 20.6. The third-order valence-corrected chi connectivity index (χ3v) is 7.75. The number of hydrogen-bond donors (Lipinski definition) is 2. The minimum Gasteiger partial charge on any atom is -0.478 e. The van der Waals surface area contributed by atoms with E-state index >= 15 is 0 Å². The predicted octanol–water partition coefficient (Wildman–Crippen LogP) is 9.82. The first-order valence-corrected chi connectivity index (χ1v) is 16.7. The van der Waals surface area contributed by atoms with Crippen molar-refractivity contribution in [3.63, 3.8) is 0 Å². The molecular weight excluding hydrogens is 522 g/mol. The number of benzene rings is 2. The summed E-state index contributed by atoms with van der Waals surface area (Å²) >= 11 is 0. The monoisotopic (exact) mass is 577 g/mol. The maximum absolute atomic E-state index is 12.3. The Balaban J connectivity index is 1.38. The van der Waals surface area contributed by atoms with Crippen LogP contribution < -0.4 is 20.3 Å². The lowest BCUT2D eigenvalue weighted by molar-refractivity contribution is 0.218. The number of H-pyrrole nitrogens is 1. The van der Waals surface area contributed by atoms with Gasteiger partial charge in [0.2, 0.25) is 5.88 Å². The summed E-state index contributed by atoms with van der Waals surface area (Å²) in [6, 6.07) is 17.8. The number of aryl methyl sites for hydroxylation is 1. The maximum atomic E-state index is 12.3. The van der Waals surface area contributed by atoms with E-state index < -0.39 is 0 Å². The molecule has 0 radical (unpaired) electrons. The van der Waals surface area contributed by atoms with Crippen LogP contribution in [0.1, 0.15) is 123 Å². The molecule has 0 spiro atoms. The van der Waals surface area contributed by atoms with Crippen molar-refractivity contribution in [1.29, 1.82) is 0 Å². The molecule has 0 saturated heterocycles. The van der Waals surface area contributed by atoms with E-state index in [0.717, 1.165) is 36.4 Å². The summed E-state index contributed by atoms with van der Waals surface area (Å²) in [5.41, 5.74) is 2.90. The molecule has 2 aromatic carbocycles. The molecule has 0 aliphatic heterocycles. The highest BCUT2D eigenvalue weighted by Crippen LogP contribution is 2.21. The van der Waals surface area contributed by atoms with Gasteiger partial charge in [-0.3, -0.25) is 9.89 Å². The van der Waals surface area contributed by atoms with Crippen molar-refractivity contribution in [2.45, 2.75) is 130 Å². The Hall–Kier alpha value is -3.15. The molecule has 1 aromatic heterocycles. The van der Waals surface area contributed by atoms with E-state index in [-0.39, 0.29) is 11.8 Å². The van der Waals surface area contributed by atoms with Crippen LogP contribution in [0.3, 0.4) is 0 Å². The van der Waals surface area contributed by atoms with Crippen LogP contribution in [0, 0.1) is 0 Å². The summed E-state index contributed by atoms with van der Waals surface area (Å²) in [6.45, 7) is 6.85. The Morgan fingerprint density at radius 3 is 2.02 bits per heavy atom. The van der Waals surface area contributed by atoms with Crippen LogP contribution in [0.4, 0.5) is 5.69 Å². The second-order valence-electron chi connectivity index (χ2n) is 11.5. The average Bonchev–Trinajstić information content (AvgIpc) is 3.36. The highest BCUT2D eigenvalue weighted by atomic mass is 16.5. The number of aromatic nitrogens is 2. The lowest BCUT2D eigenvalue weighted by Crippen LogP contribution is -2.26. The number of hydrogen-bond acceptors (Lipinski definition) is 4. The fourth-order valence-corrected chi connectivity index (χ4v) is 5.40. The maximum Gasteiger partial charge on any atom is 0.275 e. The summed E-state index contributed by atoms with van der Waals surface area (Å²) < 4.78 is 13.3. The predicted molar refractivity (Wildman–Crippen MR) is 176 cm³/mol. The molecule has 0 aliphatic carbocycles. The van der Waals surface area contributed by atoms with Gasteiger partial charge in [-0.1, -0.05) is 109 Å². The van der Waals surface area contributed by atoms with Gasteiger partial charge in [0.25, 0.3) is 5.56 Å². The van der Waals surface area contributed by atoms with E-state index in [9.17, 15) is 4.79 Å². The second-order valence-corrected chi connectivity index (χ2v) is 11.5. The van der Waals surface area contributed by atoms with Crippen molar-refractivity contribution in [2.75, 3.05) is 11.9 Å². The van der Waals surface area contributed by atoms with E-state index in [0.29, 0.717) is 12.5 Å². The van der Waals surface area contributed by atoms with E-state index in [2.05, 4.69) is 42.5 Å². The molecule has 0 aliphatic rings. The zero-order valence-electron chi connectivity index (χ0n) is 26.5. The molecule has 6 heteroatoms. The molecule has 0 bridgehead atoms. The molecule has 0 amide bonds. The molecule has 0 fully saturated rings. The zero-order chi connectivity index (χ0) is 29.8. The summed E-state index contributed by atoms with van der Waals surface area (Å²) in [5.74, 6) is 1.38. The normalized spacial score (nSPS) is 11.9. The second kappa shape index (κ2) is 19.9. The average molecular weight is 578 g/mol. The van der Waals surface area contributed by atoms with Crippen LogP contribution in [0.5, 0.6) is 11.6 Å². The van der Waals surface area contributed by atoms with Crippen LogP contribution in [-0.4, -0.2) is 22.6 Å². The van der Waals surface area contributed by atoms with Crippen molar-refractivity contribution in [3.05, 3.63) is 70.5 Å². The molecule has 0 saturated carbocycles. The van der Waals surface area contributed by atoms with Gasteiger partial charge in [-0.25, -0.2) is 4.68 Å². The molecule has 3 aromatic rings. The Bertz CT molecular complexity index is 1170. The smallest absolute Gasteiger partial charge is 0.275 e. The fourth-order valence-electron chi connectivity index (χ4n) is 5.40. The number of ether oxygens (including phenoxy) is 2. The molecule has 1 atom stereocenters. The molecule has 232 valence electrons. The van der Waals surface area contributed by atoms with Crippen LogP contribution in [0.15, 0.2) is 59.4 Å². The third kappa shape index (κ3) is 12.4. The quantitative estimate of drug-likeness (QED) is 0.0869. The Kier molecular flexibility index (Phi) is 15.8. The summed E-state index contributed by atoms with van der Waals surface area (Å²) in [4.78, 5) is 12.3. The number of anilines is 1. The minimum absolute atomic E-state index is 0.134. The highest BCUT2D eigenvalue weighted by molar-refractivity contribution is 5.49. The van der Waals surface area contributed by atoms with Gasteiger partial charge < -0.3 is 14.8 Å². The van der Waals surface area contributed by atoms with Crippen molar-refractivity contribution in [3.8, 4) is 17.3 Å². The summed E-state index contributed by atoms with van der Waals surface area (Å²) in [7, 11) is 0. The number of nitrogens with zero attached hydrogens (tertiary/aromatic N) is 1. The van der Waals surface area contributed by atoms with Crippen LogP contribution >= 0.6 is 0 Å². The molecule has 3 rings (SSSR count). The van der Waals surface area contributed by atoms with Gasteiger partial charge in [0.05, 0.1) is 18.4 Å². The van der Waals surface area contributed by atoms with Crippen molar-refractivity contribution in [2.24, 2.45) is 0 Å². The van der Waals surface area contributed by atoms with Crippen molar-refractivity contribution in [1.82, 2.24) is 9.78 Å². The number of unbranched alkanes of at least 4 members (excludes halogenated alkanes) is 12. The lowest BCUT2D eigenvalue weighted by atomic mass is 10.0. The van der Waals surface area contributed by atoms with E-state index in [1.807, 2.05) is 37.3 Å². The number of aromatic amines is 1. The summed E-state index contributed by atoms with van der Waals surface area (Å²) in [5, 5.41) is 6.51. The standard InChI is InChI=1S/C36H55N3O3/c1-4-7-8-9-10-11-12-13-14-15-16-17-18-21-30-22-19-23-33(28-30)42-34(20-5-2)37-31-24-26-32(27-25-31)39-36(40)29-35(38-39)41-6-3/h19,22-29,34,37-38H,4-18,20-21H2,1-3H3. The van der Waals surface area contributed by atoms with Gasteiger partial charge in [0.1, 0.15) is 5.75 Å². The Morgan fingerprint density at radius 1 is 0.762 bits per heavy atom. The van der Waals surface area contributed by atoms with Gasteiger partial charge in [0, 0.05) is 12.1 Å². The molecule has 1 heterocycles. The van der Waals surface area contributed by atoms with Gasteiger partial charge in [0.15, 0.2) is 6.23 Å². The van der Waals surface area contributed by atoms with E-state index in [4.69, 9.17) is 9.47 Å². The van der Waals surface area contributed by atoms with E-state index in [1.165, 1.54) is 99.8 Å². The third-order valence-electron chi connectivity index (χ3n) is 7.75. The fraction of sp³-hybridized carbons (Fsp3) is 0.583. The van der Waals surface area contributed by atoms with Gasteiger partial charge in [-0.05, 0) is 61.7 Å². The number of rotatable bonds is 23. The van der Waals surface area contributed by atoms with Gasteiger partial charge >= 0.3 is 0 Å². The molecule has 6 nitrogen and oxygen atoms in total. The topological polar surface area (TPSA) is 68.3 Å². The molecule has 2 N–H and O–H groups in total. The van der Waals surface area contributed by atoms with Crippen molar-refractivity contribution >= 4 is 5.69 Å². The van der Waals surface area contributed by atoms with E-state index in [1.54, 1.807) is 0 Å². The number of nitrogens with one attached hydrogen (secondary N) is 2. The van der Waals surface area contributed by atoms with Crippen LogP contribution in [0.2, 0.25) is 0 Å².